The fourth-order valence-electron chi connectivity index (χ4n) is 2.67. The Morgan fingerprint density at radius 2 is 1.22 bits per heavy atom. The van der Waals surface area contributed by atoms with Crippen molar-refractivity contribution >= 4 is 0 Å². The van der Waals surface area contributed by atoms with Gasteiger partial charge in [0.15, 0.2) is 0 Å². The van der Waals surface area contributed by atoms with E-state index < -0.39 is 0 Å². The summed E-state index contributed by atoms with van der Waals surface area (Å²) in [5.74, 6) is 1.78. The van der Waals surface area contributed by atoms with E-state index in [1.807, 2.05) is 42.6 Å². The molecular formula is C20H19NO2. The van der Waals surface area contributed by atoms with Gasteiger partial charge in [-0.3, -0.25) is 4.98 Å². The lowest BCUT2D eigenvalue weighted by Gasteiger charge is -2.18. The van der Waals surface area contributed by atoms with Gasteiger partial charge in [0.25, 0.3) is 0 Å². The van der Waals surface area contributed by atoms with Crippen molar-refractivity contribution in [3.8, 4) is 11.5 Å². The lowest BCUT2D eigenvalue weighted by Crippen LogP contribution is -2.05. The van der Waals surface area contributed by atoms with Crippen LogP contribution in [0.1, 0.15) is 22.7 Å². The van der Waals surface area contributed by atoms with Gasteiger partial charge in [0, 0.05) is 6.20 Å². The second-order valence-corrected chi connectivity index (χ2v) is 5.23. The first kappa shape index (κ1) is 15.1. The zero-order chi connectivity index (χ0) is 16.1. The quantitative estimate of drug-likeness (QED) is 0.705. The molecule has 0 fully saturated rings. The zero-order valence-corrected chi connectivity index (χ0v) is 13.3. The molecule has 0 spiro atoms. The van der Waals surface area contributed by atoms with Gasteiger partial charge in [-0.1, -0.05) is 30.3 Å². The Labute approximate surface area is 136 Å². The van der Waals surface area contributed by atoms with Crippen molar-refractivity contribution in [1.82, 2.24) is 4.98 Å². The molecule has 0 atom stereocenters. The summed E-state index contributed by atoms with van der Waals surface area (Å²) in [7, 11) is 3.35. The smallest absolute Gasteiger partial charge is 0.118 e. The number of ether oxygens (including phenoxy) is 2. The maximum Gasteiger partial charge on any atom is 0.118 e. The molecule has 0 aliphatic carbocycles. The Balaban J connectivity index is 2.05. The van der Waals surface area contributed by atoms with Crippen molar-refractivity contribution in [2.75, 3.05) is 14.2 Å². The van der Waals surface area contributed by atoms with Crippen molar-refractivity contribution in [3.63, 3.8) is 0 Å². The van der Waals surface area contributed by atoms with Gasteiger partial charge in [-0.15, -0.1) is 0 Å². The molecule has 0 bridgehead atoms. The molecular weight excluding hydrogens is 286 g/mol. The summed E-state index contributed by atoms with van der Waals surface area (Å²) in [5, 5.41) is 0. The molecule has 0 aliphatic rings. The number of benzene rings is 2. The first-order valence-electron chi connectivity index (χ1n) is 7.50. The monoisotopic (exact) mass is 305 g/mol. The summed E-state index contributed by atoms with van der Waals surface area (Å²) >= 11 is 0. The highest BCUT2D eigenvalue weighted by molar-refractivity contribution is 5.43. The number of hydrogen-bond acceptors (Lipinski definition) is 3. The molecule has 3 nitrogen and oxygen atoms in total. The van der Waals surface area contributed by atoms with Crippen LogP contribution in [0.4, 0.5) is 0 Å². The van der Waals surface area contributed by atoms with E-state index in [2.05, 4.69) is 35.3 Å². The van der Waals surface area contributed by atoms with Crippen LogP contribution in [0, 0.1) is 0 Å². The summed E-state index contributed by atoms with van der Waals surface area (Å²) in [6, 6.07) is 22.3. The van der Waals surface area contributed by atoms with Crippen molar-refractivity contribution in [2.45, 2.75) is 5.92 Å². The van der Waals surface area contributed by atoms with E-state index in [4.69, 9.17) is 9.47 Å². The van der Waals surface area contributed by atoms with Crippen LogP contribution in [-0.4, -0.2) is 19.2 Å². The van der Waals surface area contributed by atoms with Crippen LogP contribution in [0.25, 0.3) is 0 Å². The van der Waals surface area contributed by atoms with E-state index in [0.29, 0.717) is 0 Å². The Morgan fingerprint density at radius 3 is 1.61 bits per heavy atom. The van der Waals surface area contributed by atoms with Crippen LogP contribution in [0.3, 0.4) is 0 Å². The zero-order valence-electron chi connectivity index (χ0n) is 13.3. The van der Waals surface area contributed by atoms with E-state index in [-0.39, 0.29) is 5.92 Å². The molecule has 0 unspecified atom stereocenters. The minimum atomic E-state index is 0.0769. The van der Waals surface area contributed by atoms with E-state index in [9.17, 15) is 0 Å². The predicted octanol–water partition coefficient (Wildman–Crippen LogP) is 4.28. The lowest BCUT2D eigenvalue weighted by atomic mass is 9.88. The summed E-state index contributed by atoms with van der Waals surface area (Å²) in [6.45, 7) is 0. The van der Waals surface area contributed by atoms with Crippen LogP contribution in [0.15, 0.2) is 72.9 Å². The molecule has 0 N–H and O–H groups in total. The normalized spacial score (nSPS) is 10.6. The molecule has 0 saturated heterocycles. The largest absolute Gasteiger partial charge is 0.497 e. The number of methoxy groups -OCH3 is 2. The van der Waals surface area contributed by atoms with Crippen LogP contribution in [-0.2, 0) is 0 Å². The third-order valence-electron chi connectivity index (χ3n) is 3.88. The minimum Gasteiger partial charge on any atom is -0.497 e. The Bertz CT molecular complexity index is 689. The molecule has 0 saturated carbocycles. The lowest BCUT2D eigenvalue weighted by molar-refractivity contribution is 0.414. The highest BCUT2D eigenvalue weighted by Gasteiger charge is 2.18. The summed E-state index contributed by atoms with van der Waals surface area (Å²) in [6.07, 6.45) is 1.83. The molecule has 0 amide bonds. The molecule has 0 radical (unpaired) electrons. The summed E-state index contributed by atoms with van der Waals surface area (Å²) < 4.78 is 10.5. The van der Waals surface area contributed by atoms with Crippen LogP contribution in [0.2, 0.25) is 0 Å². The van der Waals surface area contributed by atoms with Gasteiger partial charge in [0.05, 0.1) is 25.8 Å². The molecule has 1 heterocycles. The molecule has 0 aliphatic heterocycles. The maximum atomic E-state index is 5.26. The number of aromatic nitrogens is 1. The Hall–Kier alpha value is -2.81. The van der Waals surface area contributed by atoms with Crippen molar-refractivity contribution in [3.05, 3.63) is 89.7 Å². The number of pyridine rings is 1. The topological polar surface area (TPSA) is 31.4 Å². The van der Waals surface area contributed by atoms with E-state index in [1.165, 1.54) is 11.1 Å². The van der Waals surface area contributed by atoms with Crippen molar-refractivity contribution in [2.24, 2.45) is 0 Å². The fourth-order valence-corrected chi connectivity index (χ4v) is 2.67. The van der Waals surface area contributed by atoms with Gasteiger partial charge >= 0.3 is 0 Å². The average molecular weight is 305 g/mol. The van der Waals surface area contributed by atoms with E-state index in [0.717, 1.165) is 17.2 Å². The van der Waals surface area contributed by atoms with Crippen molar-refractivity contribution in [1.29, 1.82) is 0 Å². The van der Waals surface area contributed by atoms with Gasteiger partial charge in [-0.25, -0.2) is 0 Å². The standard InChI is InChI=1S/C20H19NO2/c1-22-17-10-6-15(7-11-17)20(19-5-3-4-14-21-19)16-8-12-18(23-2)13-9-16/h3-14,20H,1-2H3. The molecule has 116 valence electrons. The maximum absolute atomic E-state index is 5.26. The highest BCUT2D eigenvalue weighted by Crippen LogP contribution is 2.32. The molecule has 3 heteroatoms. The SMILES string of the molecule is COc1ccc(C(c2ccc(OC)cc2)c2ccccn2)cc1. The average Bonchev–Trinajstić information content (AvgIpc) is 2.64. The van der Waals surface area contributed by atoms with Gasteiger partial charge in [0.1, 0.15) is 11.5 Å². The first-order chi connectivity index (χ1) is 11.3. The third-order valence-corrected chi connectivity index (χ3v) is 3.88. The number of nitrogens with zero attached hydrogens (tertiary/aromatic N) is 1. The van der Waals surface area contributed by atoms with Gasteiger partial charge in [-0.05, 0) is 47.5 Å². The Morgan fingerprint density at radius 1 is 0.696 bits per heavy atom. The number of hydrogen-bond donors (Lipinski definition) is 0. The van der Waals surface area contributed by atoms with Gasteiger partial charge < -0.3 is 9.47 Å². The molecule has 3 aromatic rings. The second kappa shape index (κ2) is 6.97. The third kappa shape index (κ3) is 3.34. The number of rotatable bonds is 5. The summed E-state index contributed by atoms with van der Waals surface area (Å²) in [5.41, 5.74) is 3.37. The van der Waals surface area contributed by atoms with Gasteiger partial charge in [0.2, 0.25) is 0 Å². The second-order valence-electron chi connectivity index (χ2n) is 5.23. The summed E-state index contributed by atoms with van der Waals surface area (Å²) in [4.78, 5) is 4.55. The molecule has 1 aromatic heterocycles. The van der Waals surface area contributed by atoms with E-state index >= 15 is 0 Å². The fraction of sp³-hybridized carbons (Fsp3) is 0.150. The molecule has 23 heavy (non-hydrogen) atoms. The van der Waals surface area contributed by atoms with Crippen LogP contribution >= 0.6 is 0 Å². The Kier molecular flexibility index (Phi) is 4.57. The van der Waals surface area contributed by atoms with Crippen LogP contribution < -0.4 is 9.47 Å². The van der Waals surface area contributed by atoms with Crippen molar-refractivity contribution < 1.29 is 9.47 Å². The molecule has 2 aromatic carbocycles. The highest BCUT2D eigenvalue weighted by atomic mass is 16.5. The molecule has 3 rings (SSSR count). The first-order valence-corrected chi connectivity index (χ1v) is 7.50. The van der Waals surface area contributed by atoms with E-state index in [1.54, 1.807) is 14.2 Å². The predicted molar refractivity (Wildman–Crippen MR) is 91.2 cm³/mol. The minimum absolute atomic E-state index is 0.0769. The van der Waals surface area contributed by atoms with Gasteiger partial charge in [-0.2, -0.15) is 0 Å². The van der Waals surface area contributed by atoms with Crippen LogP contribution in [0.5, 0.6) is 11.5 Å².